The van der Waals surface area contributed by atoms with Crippen molar-refractivity contribution in [1.82, 2.24) is 5.32 Å². The van der Waals surface area contributed by atoms with Crippen molar-refractivity contribution in [3.8, 4) is 0 Å². The van der Waals surface area contributed by atoms with Crippen LogP contribution >= 0.6 is 12.2 Å². The molecule has 2 aromatic rings. The summed E-state index contributed by atoms with van der Waals surface area (Å²) in [5, 5.41) is 4.98. The fraction of sp³-hybridized carbons (Fsp3) is 0. The molecule has 2 N–H and O–H groups in total. The zero-order valence-electron chi connectivity index (χ0n) is 10.2. The second kappa shape index (κ2) is 4.74. The second-order valence-electron chi connectivity index (χ2n) is 4.24. The zero-order chi connectivity index (χ0) is 13.2. The Balaban J connectivity index is 1.93. The average Bonchev–Trinajstić information content (AvgIpc) is 2.83. The van der Waals surface area contributed by atoms with E-state index in [0.29, 0.717) is 5.11 Å². The lowest BCUT2D eigenvalue weighted by molar-refractivity contribution is 1.30. The van der Waals surface area contributed by atoms with Crippen LogP contribution in [0.15, 0.2) is 60.8 Å². The van der Waals surface area contributed by atoms with Gasteiger partial charge in [-0.05, 0) is 36.5 Å². The summed E-state index contributed by atoms with van der Waals surface area (Å²) >= 11 is 5.31. The first-order chi connectivity index (χ1) is 9.24. The summed E-state index contributed by atoms with van der Waals surface area (Å²) in [4.78, 5) is 1.90. The summed E-state index contributed by atoms with van der Waals surface area (Å²) in [5.41, 5.74) is 9.31. The number of rotatable bonds is 2. The van der Waals surface area contributed by atoms with Gasteiger partial charge < -0.3 is 5.73 Å². The van der Waals surface area contributed by atoms with Crippen LogP contribution in [-0.2, 0) is 0 Å². The van der Waals surface area contributed by atoms with Crippen LogP contribution in [0, 0.1) is 0 Å². The number of anilines is 2. The Morgan fingerprint density at radius 1 is 0.947 bits per heavy atom. The molecule has 0 atom stereocenters. The predicted octanol–water partition coefficient (Wildman–Crippen LogP) is 2.98. The van der Waals surface area contributed by atoms with Crippen LogP contribution in [0.3, 0.4) is 0 Å². The maximum atomic E-state index is 5.68. The molecule has 1 heterocycles. The van der Waals surface area contributed by atoms with E-state index in [1.54, 1.807) is 0 Å². The lowest BCUT2D eigenvalue weighted by Gasteiger charge is -2.13. The third-order valence-electron chi connectivity index (χ3n) is 2.91. The highest BCUT2D eigenvalue weighted by Gasteiger charge is 2.21. The smallest absolute Gasteiger partial charge is 0.204 e. The van der Waals surface area contributed by atoms with Crippen molar-refractivity contribution in [1.29, 1.82) is 0 Å². The standard InChI is InChI=1S/C15H12N3S/c16-12-8-6-11(7-9-12)14-10-18(15(19)17-14)13-4-2-1-3-5-13/h1-10H,16H2. The van der Waals surface area contributed by atoms with E-state index >= 15 is 0 Å². The molecule has 19 heavy (non-hydrogen) atoms. The molecule has 0 saturated heterocycles. The molecule has 0 unspecified atom stereocenters. The van der Waals surface area contributed by atoms with E-state index in [1.165, 1.54) is 0 Å². The lowest BCUT2D eigenvalue weighted by atomic mass is 10.1. The molecule has 0 aromatic heterocycles. The summed E-state index contributed by atoms with van der Waals surface area (Å²) in [7, 11) is 0. The van der Waals surface area contributed by atoms with Gasteiger partial charge in [0.15, 0.2) is 0 Å². The molecular weight excluding hydrogens is 254 g/mol. The molecule has 1 radical (unpaired) electrons. The van der Waals surface area contributed by atoms with Gasteiger partial charge in [0, 0.05) is 23.1 Å². The van der Waals surface area contributed by atoms with E-state index in [2.05, 4.69) is 5.32 Å². The minimum absolute atomic E-state index is 0.554. The Morgan fingerprint density at radius 2 is 1.63 bits per heavy atom. The van der Waals surface area contributed by atoms with Crippen molar-refractivity contribution in [2.24, 2.45) is 0 Å². The number of hydrogen-bond donors (Lipinski definition) is 1. The van der Waals surface area contributed by atoms with E-state index in [4.69, 9.17) is 18.0 Å². The molecule has 0 amide bonds. The number of thiocarbonyl (C=S) groups is 1. The molecule has 93 valence electrons. The van der Waals surface area contributed by atoms with Gasteiger partial charge in [-0.25, -0.2) is 5.32 Å². The van der Waals surface area contributed by atoms with E-state index in [0.717, 1.165) is 22.6 Å². The summed E-state index contributed by atoms with van der Waals surface area (Å²) in [6, 6.07) is 17.6. The van der Waals surface area contributed by atoms with Gasteiger partial charge in [-0.2, -0.15) is 0 Å². The van der Waals surface area contributed by atoms with E-state index in [-0.39, 0.29) is 0 Å². The van der Waals surface area contributed by atoms with Crippen molar-refractivity contribution in [3.05, 3.63) is 66.4 Å². The Hall–Kier alpha value is -2.33. The number of benzene rings is 2. The van der Waals surface area contributed by atoms with Crippen LogP contribution < -0.4 is 16.0 Å². The van der Waals surface area contributed by atoms with Gasteiger partial charge in [0.2, 0.25) is 5.11 Å². The molecule has 1 aliphatic rings. The van der Waals surface area contributed by atoms with Gasteiger partial charge >= 0.3 is 0 Å². The Kier molecular flexibility index (Phi) is 2.93. The predicted molar refractivity (Wildman–Crippen MR) is 82.5 cm³/mol. The molecule has 1 aliphatic heterocycles. The zero-order valence-corrected chi connectivity index (χ0v) is 11.0. The normalized spacial score (nSPS) is 14.2. The van der Waals surface area contributed by atoms with Crippen LogP contribution in [0.5, 0.6) is 0 Å². The number of hydrogen-bond acceptors (Lipinski definition) is 2. The highest BCUT2D eigenvalue weighted by atomic mass is 32.1. The van der Waals surface area contributed by atoms with Gasteiger partial charge in [0.1, 0.15) is 0 Å². The summed E-state index contributed by atoms with van der Waals surface area (Å²) in [5.74, 6) is 0. The maximum absolute atomic E-state index is 5.68. The topological polar surface area (TPSA) is 43.4 Å². The second-order valence-corrected chi connectivity index (χ2v) is 4.60. The van der Waals surface area contributed by atoms with Crippen LogP contribution in [0.25, 0.3) is 5.70 Å². The number of nitrogens with two attached hydrogens (primary N) is 1. The molecule has 0 bridgehead atoms. The van der Waals surface area contributed by atoms with Crippen LogP contribution in [0.4, 0.5) is 11.4 Å². The molecular formula is C15H12N3S. The molecule has 0 saturated carbocycles. The molecule has 0 fully saturated rings. The third-order valence-corrected chi connectivity index (χ3v) is 3.20. The van der Waals surface area contributed by atoms with E-state index < -0.39 is 0 Å². The van der Waals surface area contributed by atoms with Crippen molar-refractivity contribution >= 4 is 34.4 Å². The quantitative estimate of drug-likeness (QED) is 0.671. The SMILES string of the molecule is Nc1ccc(C2=CN(c3ccccc3)C(=S)[N]2)cc1. The monoisotopic (exact) mass is 266 g/mol. The van der Waals surface area contributed by atoms with Crippen molar-refractivity contribution in [2.45, 2.75) is 0 Å². The number of nitrogen functional groups attached to an aromatic ring is 1. The molecule has 4 heteroatoms. The van der Waals surface area contributed by atoms with Gasteiger partial charge in [-0.3, -0.25) is 4.90 Å². The van der Waals surface area contributed by atoms with Crippen molar-refractivity contribution in [3.63, 3.8) is 0 Å². The molecule has 3 nitrogen and oxygen atoms in total. The van der Waals surface area contributed by atoms with Gasteiger partial charge in [0.05, 0.1) is 5.70 Å². The first-order valence-corrected chi connectivity index (χ1v) is 6.32. The highest BCUT2D eigenvalue weighted by Crippen LogP contribution is 2.25. The van der Waals surface area contributed by atoms with Crippen LogP contribution in [0.2, 0.25) is 0 Å². The number of para-hydroxylation sites is 1. The van der Waals surface area contributed by atoms with Crippen molar-refractivity contribution < 1.29 is 0 Å². The van der Waals surface area contributed by atoms with Gasteiger partial charge in [-0.1, -0.05) is 30.3 Å². The maximum Gasteiger partial charge on any atom is 0.204 e. The highest BCUT2D eigenvalue weighted by molar-refractivity contribution is 7.80. The minimum Gasteiger partial charge on any atom is -0.399 e. The first-order valence-electron chi connectivity index (χ1n) is 5.92. The summed E-state index contributed by atoms with van der Waals surface area (Å²) < 4.78 is 0. The fourth-order valence-corrected chi connectivity index (χ4v) is 2.19. The fourth-order valence-electron chi connectivity index (χ4n) is 1.93. The minimum atomic E-state index is 0.554. The van der Waals surface area contributed by atoms with Crippen LogP contribution in [0.1, 0.15) is 5.56 Å². The number of nitrogens with zero attached hydrogens (tertiary/aromatic N) is 2. The third kappa shape index (κ3) is 2.30. The van der Waals surface area contributed by atoms with E-state index in [9.17, 15) is 0 Å². The average molecular weight is 266 g/mol. The molecule has 3 rings (SSSR count). The molecule has 2 aromatic carbocycles. The van der Waals surface area contributed by atoms with Gasteiger partial charge in [-0.15, -0.1) is 0 Å². The molecule has 0 aliphatic carbocycles. The first kappa shape index (κ1) is 11.7. The van der Waals surface area contributed by atoms with Crippen LogP contribution in [-0.4, -0.2) is 5.11 Å². The largest absolute Gasteiger partial charge is 0.399 e. The Labute approximate surface area is 117 Å². The summed E-state index contributed by atoms with van der Waals surface area (Å²) in [6.07, 6.45) is 1.95. The molecule has 0 spiro atoms. The Morgan fingerprint density at radius 3 is 2.32 bits per heavy atom. The lowest BCUT2D eigenvalue weighted by Crippen LogP contribution is -2.23. The van der Waals surface area contributed by atoms with Gasteiger partial charge in [0.25, 0.3) is 0 Å². The summed E-state index contributed by atoms with van der Waals surface area (Å²) in [6.45, 7) is 0. The Bertz CT molecular complexity index is 632. The van der Waals surface area contributed by atoms with Crippen molar-refractivity contribution in [2.75, 3.05) is 10.6 Å². The van der Waals surface area contributed by atoms with E-state index in [1.807, 2.05) is 65.7 Å².